The molecule has 0 aliphatic carbocycles. The second-order valence-electron chi connectivity index (χ2n) is 6.89. The van der Waals surface area contributed by atoms with Crippen molar-refractivity contribution in [3.05, 3.63) is 63.3 Å². The number of halogens is 1. The molecule has 0 aliphatic rings. The van der Waals surface area contributed by atoms with Gasteiger partial charge in [-0.25, -0.2) is 10.2 Å². The van der Waals surface area contributed by atoms with Gasteiger partial charge in [-0.1, -0.05) is 0 Å². The van der Waals surface area contributed by atoms with Crippen molar-refractivity contribution in [2.75, 3.05) is 14.2 Å². The fourth-order valence-electron chi connectivity index (χ4n) is 2.88. The smallest absolute Gasteiger partial charge is 0.373 e. The van der Waals surface area contributed by atoms with E-state index in [4.69, 9.17) is 13.9 Å². The van der Waals surface area contributed by atoms with E-state index >= 15 is 0 Å². The molecule has 0 bridgehead atoms. The van der Waals surface area contributed by atoms with Crippen molar-refractivity contribution in [1.29, 1.82) is 0 Å². The van der Waals surface area contributed by atoms with Crippen LogP contribution < -0.4 is 14.9 Å². The van der Waals surface area contributed by atoms with Gasteiger partial charge in [-0.3, -0.25) is 9.48 Å². The number of amides is 1. The van der Waals surface area contributed by atoms with E-state index in [0.717, 1.165) is 15.9 Å². The van der Waals surface area contributed by atoms with Crippen molar-refractivity contribution in [3.63, 3.8) is 0 Å². The number of furan rings is 1. The fraction of sp³-hybridized carbons (Fsp3) is 0.273. The first-order chi connectivity index (χ1) is 15.8. The number of aromatic nitrogens is 2. The highest BCUT2D eigenvalue weighted by Gasteiger charge is 2.13. The summed E-state index contributed by atoms with van der Waals surface area (Å²) in [6.45, 7) is 3.88. The van der Waals surface area contributed by atoms with Crippen LogP contribution in [0.1, 0.15) is 33.3 Å². The fourth-order valence-corrected chi connectivity index (χ4v) is 3.16. The molecule has 0 aliphatic heterocycles. The molecule has 1 amide bonds. The Bertz CT molecular complexity index is 1180. The first kappa shape index (κ1) is 24.1. The van der Waals surface area contributed by atoms with Gasteiger partial charge in [0.25, 0.3) is 5.91 Å². The van der Waals surface area contributed by atoms with Crippen molar-refractivity contribution in [1.82, 2.24) is 15.2 Å². The highest BCUT2D eigenvalue weighted by molar-refractivity contribution is 9.10. The lowest BCUT2D eigenvalue weighted by molar-refractivity contribution is -0.121. The van der Waals surface area contributed by atoms with Crippen molar-refractivity contribution in [3.8, 4) is 11.5 Å². The Kier molecular flexibility index (Phi) is 7.88. The van der Waals surface area contributed by atoms with E-state index in [1.165, 1.54) is 26.5 Å². The van der Waals surface area contributed by atoms with Gasteiger partial charge >= 0.3 is 5.97 Å². The van der Waals surface area contributed by atoms with Crippen LogP contribution in [0.15, 0.2) is 44.3 Å². The SMILES string of the molecule is COC(=O)c1ccc(COc2ccc(/C=N/NC(=O)Cn3nc(C)c(Br)c3C)cc2OC)o1. The van der Waals surface area contributed by atoms with Crippen molar-refractivity contribution < 1.29 is 28.2 Å². The van der Waals surface area contributed by atoms with Crippen LogP contribution in [0.3, 0.4) is 0 Å². The highest BCUT2D eigenvalue weighted by Crippen LogP contribution is 2.28. The normalized spacial score (nSPS) is 10.9. The van der Waals surface area contributed by atoms with E-state index in [1.54, 1.807) is 28.9 Å². The summed E-state index contributed by atoms with van der Waals surface area (Å²) in [7, 11) is 2.79. The maximum Gasteiger partial charge on any atom is 0.373 e. The number of aryl methyl sites for hydroxylation is 1. The van der Waals surface area contributed by atoms with Crippen LogP contribution in [0.5, 0.6) is 11.5 Å². The first-order valence-electron chi connectivity index (χ1n) is 9.81. The maximum atomic E-state index is 12.2. The van der Waals surface area contributed by atoms with Gasteiger partial charge in [-0.05, 0) is 65.7 Å². The largest absolute Gasteiger partial charge is 0.493 e. The molecule has 3 rings (SSSR count). The molecule has 174 valence electrons. The third-order valence-electron chi connectivity index (χ3n) is 4.60. The second kappa shape index (κ2) is 10.8. The average Bonchev–Trinajstić information content (AvgIpc) is 3.38. The molecule has 10 nitrogen and oxygen atoms in total. The monoisotopic (exact) mass is 518 g/mol. The molecule has 3 aromatic rings. The summed E-state index contributed by atoms with van der Waals surface area (Å²) in [5, 5.41) is 8.29. The number of carbonyl (C=O) groups is 2. The molecule has 1 N–H and O–H groups in total. The summed E-state index contributed by atoms with van der Waals surface area (Å²) in [6, 6.07) is 8.33. The van der Waals surface area contributed by atoms with Gasteiger partial charge in [0, 0.05) is 0 Å². The van der Waals surface area contributed by atoms with E-state index in [1.807, 2.05) is 13.8 Å². The van der Waals surface area contributed by atoms with E-state index < -0.39 is 5.97 Å². The number of hydrogen-bond donors (Lipinski definition) is 1. The van der Waals surface area contributed by atoms with E-state index in [0.29, 0.717) is 22.8 Å². The topological polar surface area (TPSA) is 117 Å². The molecule has 1 aromatic carbocycles. The summed E-state index contributed by atoms with van der Waals surface area (Å²) < 4.78 is 23.6. The predicted octanol–water partition coefficient (Wildman–Crippen LogP) is 3.38. The Hall–Kier alpha value is -3.60. The van der Waals surface area contributed by atoms with Crippen molar-refractivity contribution in [2.45, 2.75) is 27.0 Å². The zero-order chi connectivity index (χ0) is 24.0. The van der Waals surface area contributed by atoms with Gasteiger partial charge in [0.2, 0.25) is 5.76 Å². The highest BCUT2D eigenvalue weighted by atomic mass is 79.9. The van der Waals surface area contributed by atoms with Crippen LogP contribution in [0.2, 0.25) is 0 Å². The molecule has 0 saturated carbocycles. The third-order valence-corrected chi connectivity index (χ3v) is 5.74. The van der Waals surface area contributed by atoms with Crippen LogP contribution in [0.4, 0.5) is 0 Å². The summed E-state index contributed by atoms with van der Waals surface area (Å²) in [5.74, 6) is 0.642. The number of benzene rings is 1. The van der Waals surface area contributed by atoms with Crippen molar-refractivity contribution in [2.24, 2.45) is 5.10 Å². The van der Waals surface area contributed by atoms with Crippen LogP contribution in [-0.4, -0.2) is 42.1 Å². The molecule has 2 heterocycles. The van der Waals surface area contributed by atoms with Gasteiger partial charge < -0.3 is 18.6 Å². The van der Waals surface area contributed by atoms with E-state index in [-0.39, 0.29) is 24.8 Å². The Morgan fingerprint density at radius 1 is 1.21 bits per heavy atom. The lowest BCUT2D eigenvalue weighted by Gasteiger charge is -2.10. The molecular weight excluding hydrogens is 496 g/mol. The van der Waals surface area contributed by atoms with Gasteiger partial charge in [-0.15, -0.1) is 0 Å². The van der Waals surface area contributed by atoms with Gasteiger partial charge in [-0.2, -0.15) is 10.2 Å². The molecule has 0 atom stereocenters. The zero-order valence-electron chi connectivity index (χ0n) is 18.5. The Balaban J connectivity index is 1.57. The number of carbonyl (C=O) groups excluding carboxylic acids is 2. The minimum absolute atomic E-state index is 0.0518. The van der Waals surface area contributed by atoms with E-state index in [9.17, 15) is 9.59 Å². The summed E-state index contributed by atoms with van der Waals surface area (Å²) in [6.07, 6.45) is 1.50. The lowest BCUT2D eigenvalue weighted by Crippen LogP contribution is -2.24. The number of hydrogen-bond acceptors (Lipinski definition) is 8. The molecule has 33 heavy (non-hydrogen) atoms. The molecule has 0 fully saturated rings. The first-order valence-corrected chi connectivity index (χ1v) is 10.6. The number of esters is 1. The van der Waals surface area contributed by atoms with Gasteiger partial charge in [0.15, 0.2) is 11.5 Å². The zero-order valence-corrected chi connectivity index (χ0v) is 20.1. The molecule has 2 aromatic heterocycles. The number of rotatable bonds is 9. The van der Waals surface area contributed by atoms with Crippen LogP contribution in [0.25, 0.3) is 0 Å². The quantitative estimate of drug-likeness (QED) is 0.262. The molecule has 0 spiro atoms. The number of nitrogens with one attached hydrogen (secondary N) is 1. The summed E-state index contributed by atoms with van der Waals surface area (Å²) >= 11 is 3.44. The number of nitrogens with zero attached hydrogens (tertiary/aromatic N) is 3. The molecule has 11 heteroatoms. The van der Waals surface area contributed by atoms with Gasteiger partial charge in [0.05, 0.1) is 36.3 Å². The minimum atomic E-state index is -0.558. The maximum absolute atomic E-state index is 12.2. The van der Waals surface area contributed by atoms with E-state index in [2.05, 4.69) is 36.3 Å². The van der Waals surface area contributed by atoms with Crippen LogP contribution in [0, 0.1) is 13.8 Å². The predicted molar refractivity (Wildman–Crippen MR) is 123 cm³/mol. The molecule has 0 radical (unpaired) electrons. The number of methoxy groups -OCH3 is 2. The summed E-state index contributed by atoms with van der Waals surface area (Å²) in [5.41, 5.74) is 4.85. The number of ether oxygens (including phenoxy) is 3. The van der Waals surface area contributed by atoms with Gasteiger partial charge in [0.1, 0.15) is 18.9 Å². The van der Waals surface area contributed by atoms with Crippen LogP contribution >= 0.6 is 15.9 Å². The Morgan fingerprint density at radius 2 is 2.00 bits per heavy atom. The van der Waals surface area contributed by atoms with Crippen molar-refractivity contribution >= 4 is 34.0 Å². The number of hydrazone groups is 1. The molecule has 0 unspecified atom stereocenters. The molecule has 0 saturated heterocycles. The average molecular weight is 519 g/mol. The Labute approximate surface area is 198 Å². The minimum Gasteiger partial charge on any atom is -0.493 e. The standard InChI is InChI=1S/C22H23BrN4O6/c1-13-21(23)14(2)27(26-13)11-20(28)25-24-10-15-5-7-17(19(9-15)30-3)32-12-16-6-8-18(33-16)22(29)31-4/h5-10H,11-12H2,1-4H3,(H,25,28)/b24-10+. The lowest BCUT2D eigenvalue weighted by atomic mass is 10.2. The third kappa shape index (κ3) is 6.01. The van der Waals surface area contributed by atoms with Crippen LogP contribution in [-0.2, 0) is 22.7 Å². The second-order valence-corrected chi connectivity index (χ2v) is 7.69. The Morgan fingerprint density at radius 3 is 2.67 bits per heavy atom. The molecular formula is C22H23BrN4O6. The summed E-state index contributed by atoms with van der Waals surface area (Å²) in [4.78, 5) is 23.6.